The predicted molar refractivity (Wildman–Crippen MR) is 75.8 cm³/mol. The third kappa shape index (κ3) is 1.76. The van der Waals surface area contributed by atoms with Gasteiger partial charge in [0.05, 0.1) is 6.54 Å². The van der Waals surface area contributed by atoms with E-state index >= 15 is 0 Å². The molecule has 0 amide bonds. The normalized spacial score (nSPS) is 13.6. The van der Waals surface area contributed by atoms with Gasteiger partial charge in [0.15, 0.2) is 9.84 Å². The van der Waals surface area contributed by atoms with Crippen molar-refractivity contribution in [2.45, 2.75) is 25.3 Å². The van der Waals surface area contributed by atoms with Gasteiger partial charge in [0.25, 0.3) is 0 Å². The van der Waals surface area contributed by atoms with Gasteiger partial charge >= 0.3 is 0 Å². The van der Waals surface area contributed by atoms with Gasteiger partial charge in [0.2, 0.25) is 0 Å². The summed E-state index contributed by atoms with van der Waals surface area (Å²) in [5.41, 5.74) is 3.99. The van der Waals surface area contributed by atoms with Gasteiger partial charge in [-0.3, -0.25) is 0 Å². The Balaban J connectivity index is 2.27. The van der Waals surface area contributed by atoms with Crippen molar-refractivity contribution < 1.29 is 8.42 Å². The maximum Gasteiger partial charge on any atom is 0.179 e. The molecule has 19 heavy (non-hydrogen) atoms. The van der Waals surface area contributed by atoms with Gasteiger partial charge in [-0.2, -0.15) is 0 Å². The van der Waals surface area contributed by atoms with Crippen molar-refractivity contribution in [2.24, 2.45) is 0 Å². The van der Waals surface area contributed by atoms with Crippen molar-refractivity contribution in [3.8, 4) is 0 Å². The van der Waals surface area contributed by atoms with Gasteiger partial charge in [-0.05, 0) is 31.0 Å². The van der Waals surface area contributed by atoms with Crippen molar-refractivity contribution in [3.63, 3.8) is 0 Å². The third-order valence-corrected chi connectivity index (χ3v) is 4.98. The number of hydrogen-bond acceptors (Lipinski definition) is 3. The Morgan fingerprint density at radius 1 is 1.21 bits per heavy atom. The Morgan fingerprint density at radius 3 is 2.58 bits per heavy atom. The highest BCUT2D eigenvalue weighted by Gasteiger charge is 2.27. The van der Waals surface area contributed by atoms with E-state index in [4.69, 9.17) is 0 Å². The van der Waals surface area contributed by atoms with Crippen molar-refractivity contribution in [1.29, 1.82) is 0 Å². The summed E-state index contributed by atoms with van der Waals surface area (Å²) in [5.74, 6) is 0.691. The second-order valence-electron chi connectivity index (χ2n) is 5.03. The number of nitrogens with one attached hydrogen (secondary N) is 1. The minimum Gasteiger partial charge on any atom is -0.340 e. The van der Waals surface area contributed by atoms with Gasteiger partial charge in [-0.1, -0.05) is 18.2 Å². The van der Waals surface area contributed by atoms with Crippen LogP contribution in [-0.2, 0) is 16.4 Å². The van der Waals surface area contributed by atoms with E-state index in [9.17, 15) is 8.42 Å². The van der Waals surface area contributed by atoms with Crippen LogP contribution in [-0.4, -0.2) is 19.2 Å². The van der Waals surface area contributed by atoms with Crippen LogP contribution in [0.3, 0.4) is 0 Å². The molecule has 1 aliphatic heterocycles. The zero-order chi connectivity index (χ0) is 13.8. The summed E-state index contributed by atoms with van der Waals surface area (Å²) in [6, 6.07) is 7.97. The van der Waals surface area contributed by atoms with Crippen LogP contribution in [0.1, 0.15) is 16.8 Å². The molecule has 0 radical (unpaired) electrons. The smallest absolute Gasteiger partial charge is 0.179 e. The fraction of sp³-hybridized carbons (Fsp3) is 0.286. The summed E-state index contributed by atoms with van der Waals surface area (Å²) in [5, 5.41) is 3.26. The monoisotopic (exact) mass is 276 g/mol. The van der Waals surface area contributed by atoms with E-state index in [-0.39, 0.29) is 0 Å². The Hall–Kier alpha value is -1.75. The van der Waals surface area contributed by atoms with Crippen LogP contribution in [0.5, 0.6) is 0 Å². The van der Waals surface area contributed by atoms with Crippen LogP contribution in [0, 0.1) is 13.8 Å². The SMILES string of the molecule is Cc1c(S(C)(=O)=O)c2n(c1C)Cc1ccccc1N2. The highest BCUT2D eigenvalue weighted by Crippen LogP contribution is 2.38. The number of hydrogen-bond donors (Lipinski definition) is 1. The first-order valence-corrected chi connectivity index (χ1v) is 8.03. The molecule has 5 heteroatoms. The Labute approximate surface area is 113 Å². The molecule has 3 rings (SSSR count). The highest BCUT2D eigenvalue weighted by atomic mass is 32.2. The van der Waals surface area contributed by atoms with Crippen LogP contribution in [0.25, 0.3) is 0 Å². The lowest BCUT2D eigenvalue weighted by atomic mass is 10.1. The number of para-hydroxylation sites is 1. The van der Waals surface area contributed by atoms with Gasteiger partial charge in [0.1, 0.15) is 10.7 Å². The van der Waals surface area contributed by atoms with Crippen LogP contribution in [0.15, 0.2) is 29.2 Å². The zero-order valence-corrected chi connectivity index (χ0v) is 12.0. The fourth-order valence-corrected chi connectivity index (χ4v) is 3.90. The van der Waals surface area contributed by atoms with E-state index in [0.29, 0.717) is 17.3 Å². The summed E-state index contributed by atoms with van der Waals surface area (Å²) in [4.78, 5) is 0.416. The number of anilines is 2. The third-order valence-electron chi connectivity index (χ3n) is 3.74. The minimum atomic E-state index is -3.24. The lowest BCUT2D eigenvalue weighted by Gasteiger charge is -2.22. The average Bonchev–Trinajstić information content (AvgIpc) is 2.59. The molecule has 100 valence electrons. The first kappa shape index (κ1) is 12.3. The lowest BCUT2D eigenvalue weighted by molar-refractivity contribution is 0.601. The summed E-state index contributed by atoms with van der Waals surface area (Å²) >= 11 is 0. The first-order valence-electron chi connectivity index (χ1n) is 6.14. The topological polar surface area (TPSA) is 51.1 Å². The van der Waals surface area contributed by atoms with E-state index in [2.05, 4.69) is 11.4 Å². The van der Waals surface area contributed by atoms with Crippen LogP contribution in [0.4, 0.5) is 11.5 Å². The fourth-order valence-electron chi connectivity index (χ4n) is 2.69. The minimum absolute atomic E-state index is 0.416. The van der Waals surface area contributed by atoms with Crippen molar-refractivity contribution in [2.75, 3.05) is 11.6 Å². The van der Waals surface area contributed by atoms with Gasteiger partial charge in [0, 0.05) is 17.6 Å². The Morgan fingerprint density at radius 2 is 1.89 bits per heavy atom. The molecule has 0 unspecified atom stereocenters. The van der Waals surface area contributed by atoms with Crippen molar-refractivity contribution >= 4 is 21.3 Å². The molecule has 4 nitrogen and oxygen atoms in total. The van der Waals surface area contributed by atoms with Gasteiger partial charge < -0.3 is 9.88 Å². The molecule has 0 fully saturated rings. The van der Waals surface area contributed by atoms with Gasteiger partial charge in [-0.15, -0.1) is 0 Å². The lowest BCUT2D eigenvalue weighted by Crippen LogP contribution is -2.15. The molecule has 1 aliphatic rings. The quantitative estimate of drug-likeness (QED) is 0.743. The number of rotatable bonds is 1. The number of aromatic nitrogens is 1. The van der Waals surface area contributed by atoms with Gasteiger partial charge in [-0.25, -0.2) is 8.42 Å². The van der Waals surface area contributed by atoms with E-state index < -0.39 is 9.84 Å². The van der Waals surface area contributed by atoms with Crippen molar-refractivity contribution in [3.05, 3.63) is 41.1 Å². The molecule has 2 heterocycles. The number of fused-ring (bicyclic) bond motifs is 2. The number of sulfone groups is 1. The number of benzene rings is 1. The maximum atomic E-state index is 12.0. The molecule has 0 saturated carbocycles. The summed E-state index contributed by atoms with van der Waals surface area (Å²) in [7, 11) is -3.24. The highest BCUT2D eigenvalue weighted by molar-refractivity contribution is 7.91. The second kappa shape index (κ2) is 3.87. The second-order valence-corrected chi connectivity index (χ2v) is 6.98. The molecule has 1 aromatic carbocycles. The largest absolute Gasteiger partial charge is 0.340 e. The maximum absolute atomic E-state index is 12.0. The molecule has 0 atom stereocenters. The van der Waals surface area contributed by atoms with Crippen LogP contribution < -0.4 is 5.32 Å². The van der Waals surface area contributed by atoms with Crippen LogP contribution in [0.2, 0.25) is 0 Å². The summed E-state index contributed by atoms with van der Waals surface area (Å²) in [6.45, 7) is 4.53. The van der Waals surface area contributed by atoms with E-state index in [1.54, 1.807) is 0 Å². The van der Waals surface area contributed by atoms with E-state index in [1.807, 2.05) is 36.6 Å². The Kier molecular flexibility index (Phi) is 2.50. The molecular formula is C14H16N2O2S. The molecule has 0 aliphatic carbocycles. The zero-order valence-electron chi connectivity index (χ0n) is 11.2. The molecule has 1 N–H and O–H groups in total. The molecule has 0 saturated heterocycles. The molecular weight excluding hydrogens is 260 g/mol. The Bertz CT molecular complexity index is 773. The summed E-state index contributed by atoms with van der Waals surface area (Å²) < 4.78 is 26.0. The number of nitrogens with zero attached hydrogens (tertiary/aromatic N) is 1. The standard InChI is InChI=1S/C14H16N2O2S/c1-9-10(2)16-8-11-6-4-5-7-12(11)15-14(16)13(9)19(3,17)18/h4-7,15H,8H2,1-3H3. The molecule has 1 aromatic heterocycles. The van der Waals surface area contributed by atoms with E-state index in [1.165, 1.54) is 11.8 Å². The molecule has 2 aromatic rings. The molecule has 0 bridgehead atoms. The van der Waals surface area contributed by atoms with Crippen molar-refractivity contribution in [1.82, 2.24) is 4.57 Å². The predicted octanol–water partition coefficient (Wildman–Crippen LogP) is 2.61. The van der Waals surface area contributed by atoms with E-state index in [0.717, 1.165) is 16.9 Å². The van der Waals surface area contributed by atoms with Crippen LogP contribution >= 0.6 is 0 Å². The summed E-state index contributed by atoms with van der Waals surface area (Å²) in [6.07, 6.45) is 1.26. The molecule has 0 spiro atoms. The first-order chi connectivity index (χ1) is 8.89. The average molecular weight is 276 g/mol.